The van der Waals surface area contributed by atoms with Gasteiger partial charge in [0.1, 0.15) is 5.75 Å². The second-order valence-electron chi connectivity index (χ2n) is 5.30. The molecule has 0 radical (unpaired) electrons. The molecule has 0 spiro atoms. The molecule has 0 aliphatic carbocycles. The second-order valence-corrected chi connectivity index (χ2v) is 5.30. The summed E-state index contributed by atoms with van der Waals surface area (Å²) in [6.07, 6.45) is -4.51. The Hall–Kier alpha value is -2.76. The molecular formula is C18H15F3N2O. The highest BCUT2D eigenvalue weighted by molar-refractivity contribution is 5.67. The Labute approximate surface area is 137 Å². The monoisotopic (exact) mass is 332 g/mol. The topological polar surface area (TPSA) is 27.1 Å². The molecule has 0 saturated carbocycles. The van der Waals surface area contributed by atoms with Crippen LogP contribution in [-0.4, -0.2) is 16.9 Å². The first-order valence-corrected chi connectivity index (χ1v) is 7.28. The number of rotatable bonds is 3. The van der Waals surface area contributed by atoms with Crippen LogP contribution in [0.15, 0.2) is 54.6 Å². The lowest BCUT2D eigenvalue weighted by Gasteiger charge is -2.09. The number of aromatic nitrogens is 2. The molecule has 1 heterocycles. The molecule has 0 atom stereocenters. The van der Waals surface area contributed by atoms with Gasteiger partial charge in [0.15, 0.2) is 5.69 Å². The summed E-state index contributed by atoms with van der Waals surface area (Å²) in [6.45, 7) is 1.44. The van der Waals surface area contributed by atoms with E-state index in [-0.39, 0.29) is 5.56 Å². The van der Waals surface area contributed by atoms with E-state index in [1.165, 1.54) is 18.7 Å². The summed E-state index contributed by atoms with van der Waals surface area (Å²) < 4.78 is 46.3. The molecule has 124 valence electrons. The zero-order valence-electron chi connectivity index (χ0n) is 13.1. The summed E-state index contributed by atoms with van der Waals surface area (Å²) >= 11 is 0. The molecule has 3 nitrogen and oxygen atoms in total. The molecule has 24 heavy (non-hydrogen) atoms. The van der Waals surface area contributed by atoms with E-state index in [1.54, 1.807) is 48.5 Å². The Balaban J connectivity index is 2.23. The first kappa shape index (κ1) is 16.1. The molecule has 6 heteroatoms. The molecule has 0 aliphatic heterocycles. The van der Waals surface area contributed by atoms with Crippen LogP contribution in [-0.2, 0) is 6.18 Å². The number of nitrogens with zero attached hydrogens (tertiary/aromatic N) is 2. The molecule has 3 aromatic rings. The lowest BCUT2D eigenvalue weighted by atomic mass is 10.1. The quantitative estimate of drug-likeness (QED) is 0.684. The van der Waals surface area contributed by atoms with Crippen LogP contribution in [0.1, 0.15) is 11.3 Å². The second kappa shape index (κ2) is 6.03. The SMILES string of the molecule is COc1ccc(-n2nc(C(F)(F)F)c(C)c2-c2ccccc2)cc1. The molecule has 0 amide bonds. The summed E-state index contributed by atoms with van der Waals surface area (Å²) in [5.74, 6) is 0.625. The number of methoxy groups -OCH3 is 1. The first-order valence-electron chi connectivity index (χ1n) is 7.28. The Morgan fingerprint density at radius 2 is 1.58 bits per heavy atom. The van der Waals surface area contributed by atoms with Crippen molar-refractivity contribution in [2.24, 2.45) is 0 Å². The molecule has 0 N–H and O–H groups in total. The lowest BCUT2D eigenvalue weighted by molar-refractivity contribution is -0.141. The molecule has 2 aromatic carbocycles. The highest BCUT2D eigenvalue weighted by Gasteiger charge is 2.38. The number of halogens is 3. The van der Waals surface area contributed by atoms with Gasteiger partial charge < -0.3 is 4.74 Å². The number of ether oxygens (including phenoxy) is 1. The Morgan fingerprint density at radius 3 is 2.12 bits per heavy atom. The van der Waals surface area contributed by atoms with Crippen LogP contribution in [0.4, 0.5) is 13.2 Å². The summed E-state index contributed by atoms with van der Waals surface area (Å²) in [5, 5.41) is 3.83. The van der Waals surface area contributed by atoms with Crippen molar-refractivity contribution in [3.8, 4) is 22.7 Å². The minimum Gasteiger partial charge on any atom is -0.497 e. The van der Waals surface area contributed by atoms with Gasteiger partial charge in [0.2, 0.25) is 0 Å². The van der Waals surface area contributed by atoms with Crippen molar-refractivity contribution in [1.82, 2.24) is 9.78 Å². The van der Waals surface area contributed by atoms with E-state index in [0.717, 1.165) is 0 Å². The van der Waals surface area contributed by atoms with Gasteiger partial charge in [-0.2, -0.15) is 18.3 Å². The van der Waals surface area contributed by atoms with Crippen LogP contribution in [0.2, 0.25) is 0 Å². The molecule has 0 unspecified atom stereocenters. The Kier molecular flexibility index (Phi) is 4.05. The van der Waals surface area contributed by atoms with E-state index in [4.69, 9.17) is 4.74 Å². The van der Waals surface area contributed by atoms with E-state index in [0.29, 0.717) is 22.7 Å². The van der Waals surface area contributed by atoms with Gasteiger partial charge in [-0.1, -0.05) is 30.3 Å². The van der Waals surface area contributed by atoms with Crippen molar-refractivity contribution in [1.29, 1.82) is 0 Å². The molecule has 3 rings (SSSR count). The van der Waals surface area contributed by atoms with Crippen molar-refractivity contribution < 1.29 is 17.9 Å². The molecule has 0 fully saturated rings. The number of alkyl halides is 3. The van der Waals surface area contributed by atoms with Crippen LogP contribution in [0.3, 0.4) is 0 Å². The van der Waals surface area contributed by atoms with Crippen molar-refractivity contribution in [3.05, 3.63) is 65.9 Å². The van der Waals surface area contributed by atoms with E-state index in [2.05, 4.69) is 5.10 Å². The van der Waals surface area contributed by atoms with Crippen LogP contribution < -0.4 is 4.74 Å². The van der Waals surface area contributed by atoms with Gasteiger partial charge in [-0.3, -0.25) is 0 Å². The third-order valence-corrected chi connectivity index (χ3v) is 3.75. The fourth-order valence-corrected chi connectivity index (χ4v) is 2.61. The number of hydrogen-bond acceptors (Lipinski definition) is 2. The van der Waals surface area contributed by atoms with Gasteiger partial charge >= 0.3 is 6.18 Å². The lowest BCUT2D eigenvalue weighted by Crippen LogP contribution is -2.08. The predicted molar refractivity (Wildman–Crippen MR) is 85.3 cm³/mol. The molecule has 0 bridgehead atoms. The van der Waals surface area contributed by atoms with Gasteiger partial charge in [0.05, 0.1) is 18.5 Å². The van der Waals surface area contributed by atoms with Crippen molar-refractivity contribution in [2.45, 2.75) is 13.1 Å². The molecule has 0 saturated heterocycles. The van der Waals surface area contributed by atoms with Crippen molar-refractivity contribution in [3.63, 3.8) is 0 Å². The maximum atomic E-state index is 13.3. The molecule has 0 aliphatic rings. The van der Waals surface area contributed by atoms with Crippen LogP contribution in [0, 0.1) is 6.92 Å². The van der Waals surface area contributed by atoms with Gasteiger partial charge in [0, 0.05) is 11.1 Å². The summed E-state index contributed by atoms with van der Waals surface area (Å²) in [7, 11) is 1.53. The van der Waals surface area contributed by atoms with E-state index in [9.17, 15) is 13.2 Å². The average Bonchev–Trinajstić information content (AvgIpc) is 2.93. The van der Waals surface area contributed by atoms with Crippen LogP contribution in [0.5, 0.6) is 5.75 Å². The fourth-order valence-electron chi connectivity index (χ4n) is 2.61. The maximum Gasteiger partial charge on any atom is 0.435 e. The Morgan fingerprint density at radius 1 is 0.958 bits per heavy atom. The van der Waals surface area contributed by atoms with Gasteiger partial charge in [-0.25, -0.2) is 4.68 Å². The number of benzene rings is 2. The normalized spacial score (nSPS) is 11.5. The summed E-state index contributed by atoms with van der Waals surface area (Å²) in [6, 6.07) is 15.7. The zero-order chi connectivity index (χ0) is 17.3. The van der Waals surface area contributed by atoms with Crippen LogP contribution in [0.25, 0.3) is 16.9 Å². The standard InChI is InChI=1S/C18H15F3N2O/c1-12-16(13-6-4-3-5-7-13)23(22-17(12)18(19,20)21)14-8-10-15(24-2)11-9-14/h3-11H,1-2H3. The third kappa shape index (κ3) is 2.87. The Bertz CT molecular complexity index is 837. The largest absolute Gasteiger partial charge is 0.497 e. The van der Waals surface area contributed by atoms with Crippen molar-refractivity contribution >= 4 is 0 Å². The van der Waals surface area contributed by atoms with E-state index in [1.807, 2.05) is 6.07 Å². The number of hydrogen-bond donors (Lipinski definition) is 0. The fraction of sp³-hybridized carbons (Fsp3) is 0.167. The highest BCUT2D eigenvalue weighted by Crippen LogP contribution is 2.37. The maximum absolute atomic E-state index is 13.3. The third-order valence-electron chi connectivity index (χ3n) is 3.75. The zero-order valence-corrected chi connectivity index (χ0v) is 13.1. The minimum atomic E-state index is -4.51. The summed E-state index contributed by atoms with van der Waals surface area (Å²) in [4.78, 5) is 0. The predicted octanol–water partition coefficient (Wildman–Crippen LogP) is 4.88. The first-order chi connectivity index (χ1) is 11.4. The summed E-state index contributed by atoms with van der Waals surface area (Å²) in [5.41, 5.74) is 0.858. The smallest absolute Gasteiger partial charge is 0.435 e. The molecular weight excluding hydrogens is 317 g/mol. The van der Waals surface area contributed by atoms with Crippen LogP contribution >= 0.6 is 0 Å². The van der Waals surface area contributed by atoms with E-state index < -0.39 is 11.9 Å². The van der Waals surface area contributed by atoms with Crippen molar-refractivity contribution in [2.75, 3.05) is 7.11 Å². The minimum absolute atomic E-state index is 0.101. The molecule has 1 aromatic heterocycles. The average molecular weight is 332 g/mol. The highest BCUT2D eigenvalue weighted by atomic mass is 19.4. The van der Waals surface area contributed by atoms with E-state index >= 15 is 0 Å². The van der Waals surface area contributed by atoms with Gasteiger partial charge in [-0.05, 0) is 31.2 Å². The van der Waals surface area contributed by atoms with Gasteiger partial charge in [-0.15, -0.1) is 0 Å². The van der Waals surface area contributed by atoms with Gasteiger partial charge in [0.25, 0.3) is 0 Å².